The van der Waals surface area contributed by atoms with Gasteiger partial charge in [-0.15, -0.1) is 11.6 Å². The van der Waals surface area contributed by atoms with Crippen LogP contribution < -0.4 is 0 Å². The van der Waals surface area contributed by atoms with E-state index in [9.17, 15) is 4.39 Å². The van der Waals surface area contributed by atoms with Crippen LogP contribution in [0, 0.1) is 5.82 Å². The zero-order valence-electron chi connectivity index (χ0n) is 10.2. The normalized spacial score (nSPS) is 25.3. The molecule has 1 aromatic rings. The maximum atomic E-state index is 13.7. The van der Waals surface area contributed by atoms with Crippen LogP contribution in [0.2, 0.25) is 5.02 Å². The molecule has 1 aliphatic heterocycles. The Balaban J connectivity index is 2.09. The second kappa shape index (κ2) is 6.20. The predicted octanol–water partition coefficient (Wildman–Crippen LogP) is 3.31. The molecule has 0 spiro atoms. The molecule has 0 N–H and O–H groups in total. The molecule has 5 heteroatoms. The highest BCUT2D eigenvalue weighted by molar-refractivity contribution is 6.30. The summed E-state index contributed by atoms with van der Waals surface area (Å²) in [6.07, 6.45) is 0.0186. The summed E-state index contributed by atoms with van der Waals surface area (Å²) in [7, 11) is 0. The van der Waals surface area contributed by atoms with Crippen LogP contribution in [0.15, 0.2) is 18.2 Å². The van der Waals surface area contributed by atoms with Gasteiger partial charge in [-0.1, -0.05) is 11.6 Å². The average molecular weight is 292 g/mol. The standard InChI is InChI=1S/C13H16Cl2FNO/c1-9-8-18-12(5-14)7-17(9)6-10-4-11(15)2-3-13(10)16/h2-4,9,12H,5-8H2,1H3. The quantitative estimate of drug-likeness (QED) is 0.793. The van der Waals surface area contributed by atoms with Crippen molar-refractivity contribution in [1.82, 2.24) is 4.90 Å². The Hall–Kier alpha value is -0.350. The third-order valence-corrected chi connectivity index (χ3v) is 3.77. The van der Waals surface area contributed by atoms with Gasteiger partial charge in [0.05, 0.1) is 12.7 Å². The maximum Gasteiger partial charge on any atom is 0.127 e. The van der Waals surface area contributed by atoms with Gasteiger partial charge >= 0.3 is 0 Å². The van der Waals surface area contributed by atoms with E-state index in [2.05, 4.69) is 11.8 Å². The average Bonchev–Trinajstić information content (AvgIpc) is 2.36. The van der Waals surface area contributed by atoms with Crippen LogP contribution in [0.4, 0.5) is 4.39 Å². The summed E-state index contributed by atoms with van der Waals surface area (Å²) in [6.45, 7) is 3.94. The summed E-state index contributed by atoms with van der Waals surface area (Å²) in [5, 5.41) is 0.557. The summed E-state index contributed by atoms with van der Waals surface area (Å²) in [5.41, 5.74) is 0.615. The van der Waals surface area contributed by atoms with Gasteiger partial charge in [-0.25, -0.2) is 4.39 Å². The van der Waals surface area contributed by atoms with Crippen LogP contribution in [-0.2, 0) is 11.3 Å². The lowest BCUT2D eigenvalue weighted by Gasteiger charge is -2.37. The number of morpholine rings is 1. The van der Waals surface area contributed by atoms with Gasteiger partial charge in [-0.05, 0) is 25.1 Å². The van der Waals surface area contributed by atoms with E-state index in [0.29, 0.717) is 29.6 Å². The number of benzene rings is 1. The van der Waals surface area contributed by atoms with E-state index < -0.39 is 0 Å². The summed E-state index contributed by atoms with van der Waals surface area (Å²) in [4.78, 5) is 2.17. The Kier molecular flexibility index (Phi) is 4.84. The predicted molar refractivity (Wildman–Crippen MR) is 71.7 cm³/mol. The van der Waals surface area contributed by atoms with Gasteiger partial charge in [0.15, 0.2) is 0 Å². The molecule has 0 amide bonds. The molecule has 1 aliphatic rings. The Bertz CT molecular complexity index is 416. The van der Waals surface area contributed by atoms with Crippen LogP contribution in [0.1, 0.15) is 12.5 Å². The highest BCUT2D eigenvalue weighted by atomic mass is 35.5. The molecule has 1 saturated heterocycles. The van der Waals surface area contributed by atoms with Crippen molar-refractivity contribution in [2.24, 2.45) is 0 Å². The van der Waals surface area contributed by atoms with Gasteiger partial charge < -0.3 is 4.74 Å². The SMILES string of the molecule is CC1COC(CCl)CN1Cc1cc(Cl)ccc1F. The van der Waals surface area contributed by atoms with Crippen LogP contribution in [0.3, 0.4) is 0 Å². The van der Waals surface area contributed by atoms with Crippen LogP contribution >= 0.6 is 23.2 Å². The first-order valence-electron chi connectivity index (χ1n) is 5.95. The maximum absolute atomic E-state index is 13.7. The minimum atomic E-state index is -0.222. The smallest absolute Gasteiger partial charge is 0.127 e. The third kappa shape index (κ3) is 3.35. The fraction of sp³-hybridized carbons (Fsp3) is 0.538. The van der Waals surface area contributed by atoms with Gasteiger partial charge in [0.25, 0.3) is 0 Å². The van der Waals surface area contributed by atoms with E-state index in [-0.39, 0.29) is 18.0 Å². The number of rotatable bonds is 3. The van der Waals surface area contributed by atoms with Crippen molar-refractivity contribution < 1.29 is 9.13 Å². The number of hydrogen-bond acceptors (Lipinski definition) is 2. The molecule has 2 atom stereocenters. The minimum Gasteiger partial charge on any atom is -0.374 e. The molecule has 1 heterocycles. The zero-order chi connectivity index (χ0) is 13.1. The fourth-order valence-electron chi connectivity index (χ4n) is 2.07. The number of nitrogens with zero attached hydrogens (tertiary/aromatic N) is 1. The summed E-state index contributed by atoms with van der Waals surface area (Å²) in [5.74, 6) is 0.238. The molecule has 1 aromatic carbocycles. The molecule has 0 radical (unpaired) electrons. The van der Waals surface area contributed by atoms with E-state index in [1.54, 1.807) is 12.1 Å². The van der Waals surface area contributed by atoms with Gasteiger partial charge in [0.1, 0.15) is 5.82 Å². The summed E-state index contributed by atoms with van der Waals surface area (Å²) in [6, 6.07) is 4.89. The Morgan fingerprint density at radius 3 is 3.00 bits per heavy atom. The molecular formula is C13H16Cl2FNO. The van der Waals surface area contributed by atoms with Crippen molar-refractivity contribution in [2.75, 3.05) is 19.0 Å². The van der Waals surface area contributed by atoms with Crippen molar-refractivity contribution >= 4 is 23.2 Å². The molecule has 2 rings (SSSR count). The Morgan fingerprint density at radius 1 is 1.50 bits per heavy atom. The van der Waals surface area contributed by atoms with E-state index in [0.717, 1.165) is 6.54 Å². The van der Waals surface area contributed by atoms with Crippen LogP contribution in [0.25, 0.3) is 0 Å². The first-order chi connectivity index (χ1) is 8.60. The lowest BCUT2D eigenvalue weighted by molar-refractivity contribution is -0.0513. The number of halogens is 3. The molecule has 0 aromatic heterocycles. The largest absolute Gasteiger partial charge is 0.374 e. The first-order valence-corrected chi connectivity index (χ1v) is 6.87. The van der Waals surface area contributed by atoms with Gasteiger partial charge in [-0.2, -0.15) is 0 Å². The van der Waals surface area contributed by atoms with Crippen molar-refractivity contribution in [3.05, 3.63) is 34.6 Å². The van der Waals surface area contributed by atoms with Crippen molar-refractivity contribution in [2.45, 2.75) is 25.6 Å². The summed E-state index contributed by atoms with van der Waals surface area (Å²) < 4.78 is 19.3. The summed E-state index contributed by atoms with van der Waals surface area (Å²) >= 11 is 11.7. The monoisotopic (exact) mass is 291 g/mol. The number of alkyl halides is 1. The van der Waals surface area contributed by atoms with Crippen LogP contribution in [-0.4, -0.2) is 36.1 Å². The Morgan fingerprint density at radius 2 is 2.28 bits per heavy atom. The van der Waals surface area contributed by atoms with Crippen molar-refractivity contribution in [1.29, 1.82) is 0 Å². The van der Waals surface area contributed by atoms with Gasteiger partial charge in [-0.3, -0.25) is 4.90 Å². The van der Waals surface area contributed by atoms with E-state index in [4.69, 9.17) is 27.9 Å². The highest BCUT2D eigenvalue weighted by Crippen LogP contribution is 2.20. The molecule has 0 bridgehead atoms. The van der Waals surface area contributed by atoms with E-state index in [1.165, 1.54) is 6.07 Å². The number of ether oxygens (including phenoxy) is 1. The molecule has 18 heavy (non-hydrogen) atoms. The van der Waals surface area contributed by atoms with Gasteiger partial charge in [0.2, 0.25) is 0 Å². The lowest BCUT2D eigenvalue weighted by atomic mass is 10.1. The van der Waals surface area contributed by atoms with E-state index in [1.807, 2.05) is 0 Å². The lowest BCUT2D eigenvalue weighted by Crippen LogP contribution is -2.48. The van der Waals surface area contributed by atoms with Gasteiger partial charge in [0, 0.05) is 35.6 Å². The molecule has 2 nitrogen and oxygen atoms in total. The topological polar surface area (TPSA) is 12.5 Å². The second-order valence-electron chi connectivity index (χ2n) is 4.62. The Labute approximate surface area is 117 Å². The van der Waals surface area contributed by atoms with Crippen molar-refractivity contribution in [3.63, 3.8) is 0 Å². The molecule has 100 valence electrons. The van der Waals surface area contributed by atoms with Crippen LogP contribution in [0.5, 0.6) is 0 Å². The fourth-order valence-corrected chi connectivity index (χ4v) is 2.45. The minimum absolute atomic E-state index is 0.0186. The molecule has 2 unspecified atom stereocenters. The number of hydrogen-bond donors (Lipinski definition) is 0. The molecular weight excluding hydrogens is 276 g/mol. The molecule has 1 fully saturated rings. The molecule has 0 saturated carbocycles. The first kappa shape index (κ1) is 14.1. The second-order valence-corrected chi connectivity index (χ2v) is 5.37. The third-order valence-electron chi connectivity index (χ3n) is 3.19. The highest BCUT2D eigenvalue weighted by Gasteiger charge is 2.26. The zero-order valence-corrected chi connectivity index (χ0v) is 11.7. The van der Waals surface area contributed by atoms with Crippen molar-refractivity contribution in [3.8, 4) is 0 Å². The molecule has 0 aliphatic carbocycles. The van der Waals surface area contributed by atoms with E-state index >= 15 is 0 Å².